The van der Waals surface area contributed by atoms with E-state index in [0.717, 1.165) is 11.9 Å². The molecule has 26 heavy (non-hydrogen) atoms. The van der Waals surface area contributed by atoms with E-state index in [1.807, 2.05) is 0 Å². The average Bonchev–Trinajstić information content (AvgIpc) is 3.06. The third kappa shape index (κ3) is 3.94. The Balaban J connectivity index is 0.00000261. The maximum atomic E-state index is 14.0. The summed E-state index contributed by atoms with van der Waals surface area (Å²) in [5.74, 6) is 0.982. The number of aryl methyl sites for hydroxylation is 1. The van der Waals surface area contributed by atoms with Crippen LogP contribution >= 0.6 is 0 Å². The SMILES string of the molecule is COc1ccc(F)c(CNc2nc(Nc3cnn(C)c3)ncc2C=N)c1.[HH]. The maximum Gasteiger partial charge on any atom is 0.229 e. The summed E-state index contributed by atoms with van der Waals surface area (Å²) in [6, 6.07) is 4.52. The first kappa shape index (κ1) is 17.3. The minimum Gasteiger partial charge on any atom is -0.497 e. The molecule has 3 rings (SSSR count). The summed E-state index contributed by atoms with van der Waals surface area (Å²) >= 11 is 0. The Labute approximate surface area is 151 Å². The van der Waals surface area contributed by atoms with Crippen molar-refractivity contribution in [1.29, 1.82) is 5.41 Å². The zero-order valence-corrected chi connectivity index (χ0v) is 14.3. The van der Waals surface area contributed by atoms with Gasteiger partial charge in [-0.25, -0.2) is 9.37 Å². The van der Waals surface area contributed by atoms with Crippen LogP contribution in [0.1, 0.15) is 12.6 Å². The molecule has 0 spiro atoms. The van der Waals surface area contributed by atoms with Gasteiger partial charge in [0.05, 0.1) is 24.6 Å². The van der Waals surface area contributed by atoms with E-state index in [2.05, 4.69) is 25.7 Å². The van der Waals surface area contributed by atoms with Gasteiger partial charge in [-0.2, -0.15) is 10.1 Å². The molecule has 0 saturated heterocycles. The number of hydrogen-bond acceptors (Lipinski definition) is 7. The number of hydrogen-bond donors (Lipinski definition) is 3. The topological polar surface area (TPSA) is 101 Å². The third-order valence-electron chi connectivity index (χ3n) is 3.63. The summed E-state index contributed by atoms with van der Waals surface area (Å²) in [4.78, 5) is 8.53. The fourth-order valence-corrected chi connectivity index (χ4v) is 2.31. The van der Waals surface area contributed by atoms with E-state index < -0.39 is 0 Å². The molecule has 0 amide bonds. The normalized spacial score (nSPS) is 10.4. The van der Waals surface area contributed by atoms with Crippen LogP contribution in [0.3, 0.4) is 0 Å². The Kier molecular flexibility index (Phi) is 5.07. The quantitative estimate of drug-likeness (QED) is 0.562. The van der Waals surface area contributed by atoms with Crippen LogP contribution in [0.25, 0.3) is 0 Å². The van der Waals surface area contributed by atoms with E-state index in [9.17, 15) is 4.39 Å². The number of methoxy groups -OCH3 is 1. The van der Waals surface area contributed by atoms with Gasteiger partial charge in [0.15, 0.2) is 0 Å². The van der Waals surface area contributed by atoms with Crippen molar-refractivity contribution in [3.63, 3.8) is 0 Å². The molecule has 0 aliphatic heterocycles. The largest absolute Gasteiger partial charge is 0.497 e. The van der Waals surface area contributed by atoms with Gasteiger partial charge in [0.2, 0.25) is 5.95 Å². The second-order valence-electron chi connectivity index (χ2n) is 5.48. The van der Waals surface area contributed by atoms with Gasteiger partial charge in [-0.15, -0.1) is 0 Å². The molecule has 1 aromatic carbocycles. The summed E-state index contributed by atoms with van der Waals surface area (Å²) in [6.45, 7) is 0.188. The van der Waals surface area contributed by atoms with Gasteiger partial charge in [-0.1, -0.05) is 0 Å². The number of ether oxygens (including phenoxy) is 1. The second kappa shape index (κ2) is 7.60. The Morgan fingerprint density at radius 3 is 2.92 bits per heavy atom. The number of nitrogens with one attached hydrogen (secondary N) is 3. The molecule has 0 radical (unpaired) electrons. The zero-order chi connectivity index (χ0) is 18.5. The van der Waals surface area contributed by atoms with Crippen LogP contribution in [-0.4, -0.2) is 33.1 Å². The first-order valence-corrected chi connectivity index (χ1v) is 7.78. The fourth-order valence-electron chi connectivity index (χ4n) is 2.31. The van der Waals surface area contributed by atoms with Gasteiger partial charge >= 0.3 is 0 Å². The lowest BCUT2D eigenvalue weighted by atomic mass is 10.2. The van der Waals surface area contributed by atoms with Crippen molar-refractivity contribution in [3.8, 4) is 5.75 Å². The monoisotopic (exact) mass is 357 g/mol. The molecular weight excluding hydrogens is 337 g/mol. The standard InChI is InChI=1S/C17H18FN7O.H2/c1-25-10-13(9-22-25)23-17-21-8-12(6-19)16(24-17)20-7-11-5-14(26-2)3-4-15(11)18;/h3-6,8-10,19H,7H2,1-2H3,(H2,20,21,23,24);1H. The van der Waals surface area contributed by atoms with Crippen molar-refractivity contribution in [2.45, 2.75) is 6.54 Å². The molecule has 8 nitrogen and oxygen atoms in total. The molecule has 0 atom stereocenters. The maximum absolute atomic E-state index is 14.0. The number of rotatable bonds is 7. The molecule has 0 fully saturated rings. The van der Waals surface area contributed by atoms with Gasteiger partial charge in [0, 0.05) is 39.2 Å². The van der Waals surface area contributed by atoms with Crippen molar-refractivity contribution >= 4 is 23.7 Å². The second-order valence-corrected chi connectivity index (χ2v) is 5.48. The highest BCUT2D eigenvalue weighted by molar-refractivity contribution is 5.84. The van der Waals surface area contributed by atoms with Gasteiger partial charge < -0.3 is 20.8 Å². The average molecular weight is 357 g/mol. The summed E-state index contributed by atoms with van der Waals surface area (Å²) in [7, 11) is 3.33. The Hall–Kier alpha value is -3.49. The van der Waals surface area contributed by atoms with Crippen molar-refractivity contribution < 1.29 is 10.6 Å². The predicted octanol–water partition coefficient (Wildman–Crippen LogP) is 2.96. The number of benzene rings is 1. The Bertz CT molecular complexity index is 931. The molecular formula is C17H20FN7O. The minimum atomic E-state index is -0.350. The highest BCUT2D eigenvalue weighted by atomic mass is 19.1. The van der Waals surface area contributed by atoms with Crippen LogP contribution in [0.5, 0.6) is 5.75 Å². The van der Waals surface area contributed by atoms with Gasteiger partial charge in [0.25, 0.3) is 0 Å². The summed E-state index contributed by atoms with van der Waals surface area (Å²) in [6.07, 6.45) is 6.08. The van der Waals surface area contributed by atoms with E-state index in [4.69, 9.17) is 10.1 Å². The lowest BCUT2D eigenvalue weighted by Crippen LogP contribution is -2.08. The predicted molar refractivity (Wildman–Crippen MR) is 98.8 cm³/mol. The van der Waals surface area contributed by atoms with E-state index in [1.165, 1.54) is 19.4 Å². The molecule has 0 aliphatic carbocycles. The number of anilines is 3. The fraction of sp³-hybridized carbons (Fsp3) is 0.176. The molecule has 9 heteroatoms. The smallest absolute Gasteiger partial charge is 0.229 e. The van der Waals surface area contributed by atoms with Crippen molar-refractivity contribution in [2.24, 2.45) is 7.05 Å². The summed E-state index contributed by atoms with van der Waals surface area (Å²) in [5.41, 5.74) is 1.66. The molecule has 2 aromatic heterocycles. The molecule has 0 aliphatic rings. The van der Waals surface area contributed by atoms with E-state index in [1.54, 1.807) is 36.3 Å². The third-order valence-corrected chi connectivity index (χ3v) is 3.63. The molecule has 3 N–H and O–H groups in total. The number of halogens is 1. The van der Waals surface area contributed by atoms with Crippen molar-refractivity contribution in [3.05, 3.63) is 53.7 Å². The highest BCUT2D eigenvalue weighted by Gasteiger charge is 2.09. The van der Waals surface area contributed by atoms with E-state index in [0.29, 0.717) is 28.6 Å². The first-order chi connectivity index (χ1) is 12.6. The number of aromatic nitrogens is 4. The number of nitrogens with zero attached hydrogens (tertiary/aromatic N) is 4. The van der Waals surface area contributed by atoms with Crippen molar-refractivity contribution in [2.75, 3.05) is 17.7 Å². The van der Waals surface area contributed by atoms with E-state index >= 15 is 0 Å². The first-order valence-electron chi connectivity index (χ1n) is 7.78. The molecule has 136 valence electrons. The van der Waals surface area contributed by atoms with Crippen LogP contribution in [0.2, 0.25) is 0 Å². The van der Waals surface area contributed by atoms with Gasteiger partial charge in [-0.05, 0) is 18.2 Å². The Morgan fingerprint density at radius 1 is 1.38 bits per heavy atom. The molecule has 0 bridgehead atoms. The van der Waals surface area contributed by atoms with Crippen LogP contribution in [0.4, 0.5) is 21.8 Å². The molecule has 0 saturated carbocycles. The van der Waals surface area contributed by atoms with Gasteiger partial charge in [-0.3, -0.25) is 4.68 Å². The lowest BCUT2D eigenvalue weighted by Gasteiger charge is -2.11. The van der Waals surface area contributed by atoms with E-state index in [-0.39, 0.29) is 13.8 Å². The Morgan fingerprint density at radius 2 is 2.23 bits per heavy atom. The van der Waals surface area contributed by atoms with Crippen LogP contribution in [0.15, 0.2) is 36.8 Å². The van der Waals surface area contributed by atoms with Crippen LogP contribution in [0, 0.1) is 11.2 Å². The minimum absolute atomic E-state index is 0. The summed E-state index contributed by atoms with van der Waals surface area (Å²) in [5, 5.41) is 17.6. The lowest BCUT2D eigenvalue weighted by molar-refractivity contribution is 0.413. The molecule has 2 heterocycles. The zero-order valence-electron chi connectivity index (χ0n) is 14.3. The molecule has 3 aromatic rings. The van der Waals surface area contributed by atoms with Gasteiger partial charge in [0.1, 0.15) is 17.4 Å². The highest BCUT2D eigenvalue weighted by Crippen LogP contribution is 2.20. The van der Waals surface area contributed by atoms with Crippen LogP contribution in [-0.2, 0) is 13.6 Å². The summed E-state index contributed by atoms with van der Waals surface area (Å²) < 4.78 is 20.7. The molecule has 0 unspecified atom stereocenters. The van der Waals surface area contributed by atoms with Crippen molar-refractivity contribution in [1.82, 2.24) is 19.7 Å². The van der Waals surface area contributed by atoms with Crippen LogP contribution < -0.4 is 15.4 Å².